The number of carbonyl (C=O) groups excluding carboxylic acids is 1. The number of rotatable bonds is 7. The van der Waals surface area contributed by atoms with Crippen molar-refractivity contribution in [2.24, 2.45) is 11.0 Å². The number of thioether (sulfide) groups is 1. The van der Waals surface area contributed by atoms with Crippen molar-refractivity contribution >= 4 is 28.4 Å². The minimum atomic E-state index is 0.0900. The van der Waals surface area contributed by atoms with Gasteiger partial charge in [-0.2, -0.15) is 10.2 Å². The van der Waals surface area contributed by atoms with Gasteiger partial charge in [0.1, 0.15) is 5.82 Å². The van der Waals surface area contributed by atoms with Gasteiger partial charge in [0.05, 0.1) is 5.04 Å². The van der Waals surface area contributed by atoms with Crippen LogP contribution in [0.5, 0.6) is 0 Å². The van der Waals surface area contributed by atoms with Crippen LogP contribution < -0.4 is 5.32 Å². The Kier molecular flexibility index (Phi) is 6.03. The summed E-state index contributed by atoms with van der Waals surface area (Å²) in [6.07, 6.45) is 5.72. The molecule has 0 aliphatic heterocycles. The molecule has 162 valence electrons. The van der Waals surface area contributed by atoms with Gasteiger partial charge in [-0.25, -0.2) is 4.98 Å². The minimum absolute atomic E-state index is 0.0900. The van der Waals surface area contributed by atoms with Gasteiger partial charge in [-0.3, -0.25) is 19.3 Å². The normalized spacial score (nSPS) is 14.8. The highest BCUT2D eigenvalue weighted by molar-refractivity contribution is 8.13. The van der Waals surface area contributed by atoms with Crippen molar-refractivity contribution in [1.29, 1.82) is 0 Å². The smallest absolute Gasteiger partial charge is 0.227 e. The van der Waals surface area contributed by atoms with Crippen molar-refractivity contribution in [3.05, 3.63) is 36.1 Å². The molecular formula is C20H25N9OS. The van der Waals surface area contributed by atoms with E-state index in [9.17, 15) is 4.79 Å². The molecule has 0 aromatic carbocycles. The molecular weight excluding hydrogens is 414 g/mol. The number of fused-ring (bicyclic) bond motifs is 1. The molecule has 3 aromatic rings. The average Bonchev–Trinajstić information content (AvgIpc) is 3.40. The highest BCUT2D eigenvalue weighted by Gasteiger charge is 2.29. The first kappa shape index (κ1) is 21.0. The topological polar surface area (TPSA) is 116 Å². The van der Waals surface area contributed by atoms with Crippen LogP contribution in [0.3, 0.4) is 0 Å². The molecule has 0 spiro atoms. The van der Waals surface area contributed by atoms with Crippen LogP contribution in [0.4, 0.5) is 0 Å². The number of H-pyrrole nitrogens is 1. The van der Waals surface area contributed by atoms with E-state index >= 15 is 0 Å². The fourth-order valence-corrected chi connectivity index (χ4v) is 3.70. The second-order valence-corrected chi connectivity index (χ2v) is 8.59. The van der Waals surface area contributed by atoms with Crippen molar-refractivity contribution in [2.45, 2.75) is 45.7 Å². The van der Waals surface area contributed by atoms with Crippen LogP contribution in [0.1, 0.15) is 39.4 Å². The molecule has 1 saturated carbocycles. The summed E-state index contributed by atoms with van der Waals surface area (Å²) in [5.41, 5.74) is 2.38. The Balaban J connectivity index is 1.50. The maximum Gasteiger partial charge on any atom is 0.227 e. The second-order valence-electron chi connectivity index (χ2n) is 7.43. The Bertz CT molecular complexity index is 1160. The van der Waals surface area contributed by atoms with Gasteiger partial charge in [0.15, 0.2) is 11.5 Å². The molecule has 1 aliphatic rings. The zero-order valence-corrected chi connectivity index (χ0v) is 18.8. The van der Waals surface area contributed by atoms with Crippen LogP contribution in [0.2, 0.25) is 0 Å². The molecule has 11 heteroatoms. The van der Waals surface area contributed by atoms with Crippen LogP contribution in [0, 0.1) is 12.8 Å². The van der Waals surface area contributed by atoms with Gasteiger partial charge in [-0.05, 0) is 64.4 Å². The molecule has 1 fully saturated rings. The Hall–Kier alpha value is -3.21. The molecule has 0 bridgehead atoms. The average molecular weight is 440 g/mol. The Morgan fingerprint density at radius 3 is 2.87 bits per heavy atom. The van der Waals surface area contributed by atoms with Gasteiger partial charge in [0.25, 0.3) is 0 Å². The van der Waals surface area contributed by atoms with Crippen LogP contribution >= 0.6 is 11.8 Å². The summed E-state index contributed by atoms with van der Waals surface area (Å²) in [4.78, 5) is 16.3. The number of nitrogens with one attached hydrogen (secondary N) is 2. The lowest BCUT2D eigenvalue weighted by Crippen LogP contribution is -2.24. The van der Waals surface area contributed by atoms with Crippen molar-refractivity contribution in [3.63, 3.8) is 0 Å². The molecule has 4 rings (SSSR count). The first-order chi connectivity index (χ1) is 14.9. The highest BCUT2D eigenvalue weighted by atomic mass is 32.2. The van der Waals surface area contributed by atoms with Crippen LogP contribution in [-0.2, 0) is 4.79 Å². The molecule has 0 atom stereocenters. The summed E-state index contributed by atoms with van der Waals surface area (Å²) in [5, 5.41) is 26.5. The third-order valence-electron chi connectivity index (χ3n) is 4.67. The van der Waals surface area contributed by atoms with Crippen LogP contribution in [0.15, 0.2) is 40.5 Å². The Labute approximate surface area is 184 Å². The van der Waals surface area contributed by atoms with Crippen molar-refractivity contribution in [1.82, 2.24) is 40.1 Å². The van der Waals surface area contributed by atoms with Gasteiger partial charge in [0, 0.05) is 36.1 Å². The highest BCUT2D eigenvalue weighted by Crippen LogP contribution is 2.29. The van der Waals surface area contributed by atoms with Gasteiger partial charge in [-0.15, -0.1) is 10.2 Å². The lowest BCUT2D eigenvalue weighted by Gasteiger charge is -2.15. The molecule has 0 radical (unpaired) electrons. The van der Waals surface area contributed by atoms with Gasteiger partial charge in [-0.1, -0.05) is 0 Å². The molecule has 0 saturated heterocycles. The first-order valence-electron chi connectivity index (χ1n) is 10.2. The summed E-state index contributed by atoms with van der Waals surface area (Å²) >= 11 is 1.42. The number of hydrazone groups is 1. The number of nitrogens with zero attached hydrogens (tertiary/aromatic N) is 7. The number of aryl methyl sites for hydroxylation is 1. The Morgan fingerprint density at radius 2 is 2.19 bits per heavy atom. The predicted octanol–water partition coefficient (Wildman–Crippen LogP) is 2.96. The number of allylic oxidation sites excluding steroid dienone is 1. The largest absolute Gasteiger partial charge is 0.328 e. The number of aromatic amines is 1. The van der Waals surface area contributed by atoms with E-state index in [0.717, 1.165) is 40.6 Å². The van der Waals surface area contributed by atoms with Gasteiger partial charge >= 0.3 is 0 Å². The third kappa shape index (κ3) is 5.10. The van der Waals surface area contributed by atoms with Crippen molar-refractivity contribution in [3.8, 4) is 11.4 Å². The lowest BCUT2D eigenvalue weighted by atomic mass is 10.3. The second kappa shape index (κ2) is 8.88. The van der Waals surface area contributed by atoms with E-state index < -0.39 is 0 Å². The van der Waals surface area contributed by atoms with E-state index in [-0.39, 0.29) is 11.8 Å². The monoisotopic (exact) mass is 439 g/mol. The summed E-state index contributed by atoms with van der Waals surface area (Å²) < 4.78 is 1.90. The van der Waals surface area contributed by atoms with E-state index in [4.69, 9.17) is 0 Å². The first-order valence-corrected chi connectivity index (χ1v) is 11.0. The Morgan fingerprint density at radius 1 is 1.39 bits per heavy atom. The number of hydrogen-bond donors (Lipinski definition) is 2. The molecule has 2 N–H and O–H groups in total. The zero-order valence-electron chi connectivity index (χ0n) is 18.0. The van der Waals surface area contributed by atoms with E-state index in [2.05, 4.69) is 35.8 Å². The van der Waals surface area contributed by atoms with Crippen molar-refractivity contribution < 1.29 is 4.79 Å². The van der Waals surface area contributed by atoms with Crippen LogP contribution in [0.25, 0.3) is 17.0 Å². The predicted molar refractivity (Wildman–Crippen MR) is 119 cm³/mol. The molecule has 1 aliphatic carbocycles. The fourth-order valence-electron chi connectivity index (χ4n) is 2.97. The number of aromatic nitrogens is 6. The van der Waals surface area contributed by atoms with E-state index in [0.29, 0.717) is 17.5 Å². The molecule has 3 heterocycles. The van der Waals surface area contributed by atoms with E-state index in [1.54, 1.807) is 5.01 Å². The number of amides is 1. The summed E-state index contributed by atoms with van der Waals surface area (Å²) in [6.45, 7) is 8.33. The lowest BCUT2D eigenvalue weighted by molar-refractivity contribution is -0.121. The maximum atomic E-state index is 11.9. The number of carbonyl (C=O) groups is 1. The number of pyridine rings is 1. The summed E-state index contributed by atoms with van der Waals surface area (Å²) in [5.74, 6) is 1.64. The minimum Gasteiger partial charge on any atom is -0.328 e. The third-order valence-corrected chi connectivity index (χ3v) is 5.51. The van der Waals surface area contributed by atoms with Gasteiger partial charge < -0.3 is 5.32 Å². The summed E-state index contributed by atoms with van der Waals surface area (Å²) in [6, 6.07) is 3.81. The maximum absolute atomic E-state index is 11.9. The van der Waals surface area contributed by atoms with Crippen LogP contribution in [-0.4, -0.2) is 52.3 Å². The zero-order chi connectivity index (χ0) is 22.0. The van der Waals surface area contributed by atoms with E-state index in [1.165, 1.54) is 11.8 Å². The van der Waals surface area contributed by atoms with Crippen molar-refractivity contribution in [2.75, 3.05) is 6.54 Å². The van der Waals surface area contributed by atoms with E-state index in [1.807, 2.05) is 56.6 Å². The standard InChI is InChI=1S/C20H25N9OS/c1-5-28(10-12(2)21-19(30)15-6-7-15)27-14(4)31-20-26-24-17-9-8-16(11-29(17)20)18-22-13(3)23-25-18/h8-11,15H,5-7H2,1-4H3,(H,21,30)(H,22,23,25). The quantitative estimate of drug-likeness (QED) is 0.252. The molecule has 3 aromatic heterocycles. The molecule has 0 unspecified atom stereocenters. The number of hydrogen-bond acceptors (Lipinski definition) is 8. The van der Waals surface area contributed by atoms with Gasteiger partial charge in [0.2, 0.25) is 11.1 Å². The SMILES string of the molecule is CCN(C=C(C)NC(=O)C1CC1)N=C(C)Sc1nnc2ccc(-c3n[nH]c(C)n3)cn12. The molecule has 1 amide bonds. The molecule has 10 nitrogen and oxygen atoms in total. The molecule has 31 heavy (non-hydrogen) atoms. The summed E-state index contributed by atoms with van der Waals surface area (Å²) in [7, 11) is 0. The fraction of sp³-hybridized carbons (Fsp3) is 0.400.